The van der Waals surface area contributed by atoms with Gasteiger partial charge in [0, 0.05) is 11.6 Å². The van der Waals surface area contributed by atoms with Crippen molar-refractivity contribution in [3.05, 3.63) is 71.4 Å². The van der Waals surface area contributed by atoms with Crippen LogP contribution >= 0.6 is 0 Å². The van der Waals surface area contributed by atoms with Crippen molar-refractivity contribution in [2.24, 2.45) is 0 Å². The van der Waals surface area contributed by atoms with Gasteiger partial charge in [-0.15, -0.1) is 0 Å². The number of anilines is 1. The van der Waals surface area contributed by atoms with Gasteiger partial charge >= 0.3 is 0 Å². The molecular weight excluding hydrogens is 302 g/mol. The van der Waals surface area contributed by atoms with E-state index in [0.717, 1.165) is 17.7 Å². The van der Waals surface area contributed by atoms with Crippen LogP contribution in [-0.4, -0.2) is 11.1 Å². The van der Waals surface area contributed by atoms with Crippen molar-refractivity contribution < 1.29 is 18.1 Å². The molecule has 23 heavy (non-hydrogen) atoms. The smallest absolute Gasteiger partial charge is 0.261 e. The molecule has 1 aromatic heterocycles. The Kier molecular flexibility index (Phi) is 3.89. The molecule has 2 aromatic carbocycles. The lowest BCUT2D eigenvalue weighted by Crippen LogP contribution is -2.13. The van der Waals surface area contributed by atoms with E-state index in [9.17, 15) is 13.6 Å². The number of nitrogens with one attached hydrogen (secondary N) is 1. The minimum absolute atomic E-state index is 0.118. The number of rotatable bonds is 3. The van der Waals surface area contributed by atoms with Gasteiger partial charge < -0.3 is 9.84 Å². The van der Waals surface area contributed by atoms with E-state index in [1.807, 2.05) is 19.1 Å². The third kappa shape index (κ3) is 3.11. The Morgan fingerprint density at radius 2 is 1.87 bits per heavy atom. The molecular formula is C17H12F2N2O2. The molecule has 4 nitrogen and oxygen atoms in total. The number of benzene rings is 2. The minimum Gasteiger partial charge on any atom is -0.355 e. The largest absolute Gasteiger partial charge is 0.355 e. The van der Waals surface area contributed by atoms with Gasteiger partial charge in [-0.2, -0.15) is 0 Å². The van der Waals surface area contributed by atoms with Crippen molar-refractivity contribution in [3.63, 3.8) is 0 Å². The molecule has 0 spiro atoms. The van der Waals surface area contributed by atoms with E-state index in [1.165, 1.54) is 6.20 Å². The van der Waals surface area contributed by atoms with Crippen LogP contribution in [0.2, 0.25) is 0 Å². The molecule has 0 bridgehead atoms. The number of hydrogen-bond donors (Lipinski definition) is 1. The quantitative estimate of drug-likeness (QED) is 0.789. The van der Waals surface area contributed by atoms with E-state index >= 15 is 0 Å². The number of carbonyl (C=O) groups is 1. The summed E-state index contributed by atoms with van der Waals surface area (Å²) in [5, 5.41) is 6.01. The van der Waals surface area contributed by atoms with Gasteiger partial charge in [0.1, 0.15) is 17.2 Å². The third-order valence-corrected chi connectivity index (χ3v) is 3.31. The molecule has 0 fully saturated rings. The van der Waals surface area contributed by atoms with Crippen LogP contribution in [0, 0.1) is 18.6 Å². The van der Waals surface area contributed by atoms with Crippen LogP contribution in [0.1, 0.15) is 15.9 Å². The molecule has 1 amide bonds. The number of nitrogens with zero attached hydrogens (tertiary/aromatic N) is 1. The van der Waals surface area contributed by atoms with E-state index in [4.69, 9.17) is 4.52 Å². The zero-order valence-electron chi connectivity index (χ0n) is 12.1. The van der Waals surface area contributed by atoms with Crippen LogP contribution in [-0.2, 0) is 0 Å². The van der Waals surface area contributed by atoms with Gasteiger partial charge in [-0.25, -0.2) is 8.78 Å². The molecule has 6 heteroatoms. The van der Waals surface area contributed by atoms with Crippen LogP contribution in [0.15, 0.2) is 53.2 Å². The monoisotopic (exact) mass is 314 g/mol. The van der Waals surface area contributed by atoms with Crippen molar-refractivity contribution in [1.29, 1.82) is 0 Å². The predicted octanol–water partition coefficient (Wildman–Crippen LogP) is 4.18. The molecule has 1 N–H and O–H groups in total. The summed E-state index contributed by atoms with van der Waals surface area (Å²) in [7, 11) is 0. The van der Waals surface area contributed by atoms with Crippen LogP contribution in [0.25, 0.3) is 11.3 Å². The van der Waals surface area contributed by atoms with E-state index in [1.54, 1.807) is 12.1 Å². The van der Waals surface area contributed by atoms with Crippen molar-refractivity contribution in [2.45, 2.75) is 6.92 Å². The predicted molar refractivity (Wildman–Crippen MR) is 81.0 cm³/mol. The highest BCUT2D eigenvalue weighted by Gasteiger charge is 2.19. The second kappa shape index (κ2) is 6.00. The van der Waals surface area contributed by atoms with E-state index < -0.39 is 17.5 Å². The summed E-state index contributed by atoms with van der Waals surface area (Å²) < 4.78 is 31.7. The molecule has 1 heterocycles. The molecule has 0 saturated heterocycles. The molecule has 0 unspecified atom stereocenters. The molecule has 3 aromatic rings. The maximum absolute atomic E-state index is 13.6. The second-order valence-electron chi connectivity index (χ2n) is 5.01. The van der Waals surface area contributed by atoms with Gasteiger partial charge in [-0.1, -0.05) is 35.0 Å². The molecule has 3 rings (SSSR count). The zero-order valence-corrected chi connectivity index (χ0v) is 12.1. The molecule has 0 atom stereocenters. The number of amides is 1. The first-order chi connectivity index (χ1) is 11.0. The standard InChI is InChI=1S/C17H12F2N2O2/c1-10-2-4-11(5-3-10)16-13(9-20-23-16)17(22)21-15-7-6-12(18)8-14(15)19/h2-9H,1H3,(H,21,22). The summed E-state index contributed by atoms with van der Waals surface area (Å²) in [6, 6.07) is 10.3. The van der Waals surface area contributed by atoms with Gasteiger partial charge in [0.15, 0.2) is 5.76 Å². The van der Waals surface area contributed by atoms with Gasteiger partial charge in [0.2, 0.25) is 0 Å². The van der Waals surface area contributed by atoms with E-state index in [0.29, 0.717) is 11.6 Å². The van der Waals surface area contributed by atoms with Crippen molar-refractivity contribution in [2.75, 3.05) is 5.32 Å². The first-order valence-corrected chi connectivity index (χ1v) is 6.83. The zero-order chi connectivity index (χ0) is 16.4. The minimum atomic E-state index is -0.855. The van der Waals surface area contributed by atoms with Gasteiger partial charge in [-0.3, -0.25) is 4.79 Å². The van der Waals surface area contributed by atoms with Crippen LogP contribution in [0.3, 0.4) is 0 Å². The molecule has 0 aliphatic heterocycles. The fraction of sp³-hybridized carbons (Fsp3) is 0.0588. The summed E-state index contributed by atoms with van der Waals surface area (Å²) in [5.74, 6) is -1.88. The first-order valence-electron chi connectivity index (χ1n) is 6.83. The van der Waals surface area contributed by atoms with Gasteiger partial charge in [0.05, 0.1) is 11.9 Å². The maximum atomic E-state index is 13.6. The Morgan fingerprint density at radius 1 is 1.13 bits per heavy atom. The SMILES string of the molecule is Cc1ccc(-c2oncc2C(=O)Nc2ccc(F)cc2F)cc1. The number of carbonyl (C=O) groups excluding carboxylic acids is 1. The normalized spacial score (nSPS) is 10.6. The lowest BCUT2D eigenvalue weighted by Gasteiger charge is -2.06. The van der Waals surface area contributed by atoms with Crippen molar-refractivity contribution in [1.82, 2.24) is 5.16 Å². The second-order valence-corrected chi connectivity index (χ2v) is 5.01. The number of halogens is 2. The molecule has 0 saturated carbocycles. The molecule has 0 radical (unpaired) electrons. The average Bonchev–Trinajstić information content (AvgIpc) is 3.00. The van der Waals surface area contributed by atoms with Crippen LogP contribution < -0.4 is 5.32 Å². The van der Waals surface area contributed by atoms with Gasteiger partial charge in [-0.05, 0) is 19.1 Å². The summed E-state index contributed by atoms with van der Waals surface area (Å²) in [4.78, 5) is 12.3. The average molecular weight is 314 g/mol. The summed E-state index contributed by atoms with van der Waals surface area (Å²) in [6.07, 6.45) is 1.26. The fourth-order valence-electron chi connectivity index (χ4n) is 2.09. The van der Waals surface area contributed by atoms with Crippen molar-refractivity contribution >= 4 is 11.6 Å². The van der Waals surface area contributed by atoms with Crippen LogP contribution in [0.5, 0.6) is 0 Å². The third-order valence-electron chi connectivity index (χ3n) is 3.31. The lowest BCUT2D eigenvalue weighted by molar-refractivity contribution is 0.102. The fourth-order valence-corrected chi connectivity index (χ4v) is 2.09. The van der Waals surface area contributed by atoms with E-state index in [2.05, 4.69) is 10.5 Å². The van der Waals surface area contributed by atoms with Gasteiger partial charge in [0.25, 0.3) is 5.91 Å². The summed E-state index contributed by atoms with van der Waals surface area (Å²) >= 11 is 0. The highest BCUT2D eigenvalue weighted by Crippen LogP contribution is 2.25. The van der Waals surface area contributed by atoms with E-state index in [-0.39, 0.29) is 17.0 Å². The molecule has 116 valence electrons. The highest BCUT2D eigenvalue weighted by molar-refractivity contribution is 6.07. The Bertz CT molecular complexity index is 857. The maximum Gasteiger partial charge on any atom is 0.261 e. The summed E-state index contributed by atoms with van der Waals surface area (Å²) in [5.41, 5.74) is 1.79. The molecule has 0 aliphatic carbocycles. The number of aromatic nitrogens is 1. The topological polar surface area (TPSA) is 55.1 Å². The summed E-state index contributed by atoms with van der Waals surface area (Å²) in [6.45, 7) is 1.94. The number of aryl methyl sites for hydroxylation is 1. The van der Waals surface area contributed by atoms with Crippen LogP contribution in [0.4, 0.5) is 14.5 Å². The molecule has 0 aliphatic rings. The number of hydrogen-bond acceptors (Lipinski definition) is 3. The first kappa shape index (κ1) is 14.9. The Morgan fingerprint density at radius 3 is 2.57 bits per heavy atom. The Balaban J connectivity index is 1.89. The van der Waals surface area contributed by atoms with Crippen molar-refractivity contribution in [3.8, 4) is 11.3 Å². The Hall–Kier alpha value is -3.02. The Labute approximate surface area is 130 Å². The lowest BCUT2D eigenvalue weighted by atomic mass is 10.1. The highest BCUT2D eigenvalue weighted by atomic mass is 19.1.